The Morgan fingerprint density at radius 3 is 2.72 bits per heavy atom. The van der Waals surface area contributed by atoms with Crippen LogP contribution in [0.1, 0.15) is 58.8 Å². The molecule has 2 aliphatic rings. The van der Waals surface area contributed by atoms with Crippen LogP contribution in [-0.4, -0.2) is 36.1 Å². The minimum atomic E-state index is 0.448. The summed E-state index contributed by atoms with van der Waals surface area (Å²) in [7, 11) is 0. The molecule has 0 aromatic heterocycles. The summed E-state index contributed by atoms with van der Waals surface area (Å²) < 4.78 is 0. The monoisotopic (exact) mass is 250 g/mol. The van der Waals surface area contributed by atoms with E-state index >= 15 is 0 Å². The van der Waals surface area contributed by atoms with E-state index in [-0.39, 0.29) is 0 Å². The van der Waals surface area contributed by atoms with Gasteiger partial charge in [-0.2, -0.15) is 0 Å². The third-order valence-corrected chi connectivity index (χ3v) is 4.74. The Bertz CT molecular complexity index is 266. The van der Waals surface area contributed by atoms with Crippen molar-refractivity contribution in [1.29, 1.82) is 0 Å². The highest BCUT2D eigenvalue weighted by Gasteiger charge is 2.38. The predicted molar refractivity (Wildman–Crippen MR) is 78.9 cm³/mol. The smallest absolute Gasteiger partial charge is 0.0309 e. The summed E-state index contributed by atoms with van der Waals surface area (Å²) in [6.07, 6.45) is 14.2. The minimum absolute atomic E-state index is 0.448. The first-order valence-electron chi connectivity index (χ1n) is 7.90. The zero-order valence-electron chi connectivity index (χ0n) is 12.3. The van der Waals surface area contributed by atoms with Gasteiger partial charge in [-0.25, -0.2) is 0 Å². The zero-order valence-corrected chi connectivity index (χ0v) is 12.3. The van der Waals surface area contributed by atoms with E-state index in [9.17, 15) is 0 Å². The molecule has 18 heavy (non-hydrogen) atoms. The van der Waals surface area contributed by atoms with Crippen LogP contribution in [-0.2, 0) is 0 Å². The lowest BCUT2D eigenvalue weighted by Crippen LogP contribution is -2.64. The van der Waals surface area contributed by atoms with Crippen LogP contribution in [0, 0.1) is 0 Å². The van der Waals surface area contributed by atoms with Crippen molar-refractivity contribution in [3.63, 3.8) is 0 Å². The molecule has 0 radical (unpaired) electrons. The van der Waals surface area contributed by atoms with Crippen LogP contribution in [0.25, 0.3) is 0 Å². The number of nitrogens with zero attached hydrogens (tertiary/aromatic N) is 1. The summed E-state index contributed by atoms with van der Waals surface area (Å²) in [6, 6.07) is 0.749. The third-order valence-electron chi connectivity index (χ3n) is 4.74. The predicted octanol–water partition coefficient (Wildman–Crippen LogP) is 3.34. The molecule has 1 spiro atoms. The van der Waals surface area contributed by atoms with Crippen LogP contribution >= 0.6 is 0 Å². The van der Waals surface area contributed by atoms with Crippen LogP contribution in [0.5, 0.6) is 0 Å². The molecule has 1 saturated heterocycles. The van der Waals surface area contributed by atoms with Crippen LogP contribution < -0.4 is 5.32 Å². The Kier molecular flexibility index (Phi) is 5.25. The van der Waals surface area contributed by atoms with Gasteiger partial charge in [-0.1, -0.05) is 44.8 Å². The first-order chi connectivity index (χ1) is 8.79. The van der Waals surface area contributed by atoms with Crippen molar-refractivity contribution < 1.29 is 0 Å². The lowest BCUT2D eigenvalue weighted by molar-refractivity contribution is 0.0605. The maximum absolute atomic E-state index is 3.91. The molecule has 2 nitrogen and oxygen atoms in total. The summed E-state index contributed by atoms with van der Waals surface area (Å²) >= 11 is 0. The van der Waals surface area contributed by atoms with Gasteiger partial charge in [0.1, 0.15) is 0 Å². The second-order valence-electron chi connectivity index (χ2n) is 6.16. The number of piperazine rings is 1. The SMILES string of the molecule is C/C=C/CN1CC2(CCCCC2)NCC1CCC. The lowest BCUT2D eigenvalue weighted by Gasteiger charge is -2.49. The molecule has 0 aromatic rings. The molecule has 2 rings (SSSR count). The average molecular weight is 250 g/mol. The molecule has 1 aliphatic heterocycles. The minimum Gasteiger partial charge on any atom is -0.308 e. The van der Waals surface area contributed by atoms with Crippen molar-refractivity contribution in [3.8, 4) is 0 Å². The molecule has 2 fully saturated rings. The van der Waals surface area contributed by atoms with Crippen LogP contribution in [0.15, 0.2) is 12.2 Å². The van der Waals surface area contributed by atoms with Crippen molar-refractivity contribution >= 4 is 0 Å². The second-order valence-corrected chi connectivity index (χ2v) is 6.16. The Morgan fingerprint density at radius 2 is 2.06 bits per heavy atom. The van der Waals surface area contributed by atoms with Gasteiger partial charge in [-0.3, -0.25) is 4.90 Å². The van der Waals surface area contributed by atoms with E-state index in [0.29, 0.717) is 5.54 Å². The van der Waals surface area contributed by atoms with Gasteiger partial charge >= 0.3 is 0 Å². The largest absolute Gasteiger partial charge is 0.308 e. The zero-order chi connectivity index (χ0) is 12.8. The van der Waals surface area contributed by atoms with E-state index in [4.69, 9.17) is 0 Å². The van der Waals surface area contributed by atoms with Crippen LogP contribution in [0.2, 0.25) is 0 Å². The van der Waals surface area contributed by atoms with Crippen LogP contribution in [0.3, 0.4) is 0 Å². The van der Waals surface area contributed by atoms with Crippen molar-refractivity contribution in [2.75, 3.05) is 19.6 Å². The fourth-order valence-corrected chi connectivity index (χ4v) is 3.67. The normalized spacial score (nSPS) is 29.1. The van der Waals surface area contributed by atoms with Crippen molar-refractivity contribution in [1.82, 2.24) is 10.2 Å². The average Bonchev–Trinajstić information content (AvgIpc) is 2.40. The highest BCUT2D eigenvalue weighted by Crippen LogP contribution is 2.32. The Labute approximate surface area is 113 Å². The molecule has 2 heteroatoms. The van der Waals surface area contributed by atoms with Gasteiger partial charge in [0.25, 0.3) is 0 Å². The number of nitrogens with one attached hydrogen (secondary N) is 1. The summed E-state index contributed by atoms with van der Waals surface area (Å²) in [5, 5.41) is 3.91. The summed E-state index contributed by atoms with van der Waals surface area (Å²) in [5.41, 5.74) is 0.448. The Balaban J connectivity index is 1.99. The lowest BCUT2D eigenvalue weighted by atomic mass is 9.79. The molecule has 104 valence electrons. The van der Waals surface area contributed by atoms with Gasteiger partial charge in [0.05, 0.1) is 0 Å². The highest BCUT2D eigenvalue weighted by atomic mass is 15.2. The topological polar surface area (TPSA) is 15.3 Å². The van der Waals surface area contributed by atoms with E-state index < -0.39 is 0 Å². The molecule has 1 heterocycles. The second kappa shape index (κ2) is 6.72. The summed E-state index contributed by atoms with van der Waals surface area (Å²) in [4.78, 5) is 2.73. The van der Waals surface area contributed by atoms with Crippen molar-refractivity contribution in [2.24, 2.45) is 0 Å². The van der Waals surface area contributed by atoms with Gasteiger partial charge in [-0.15, -0.1) is 0 Å². The molecule has 1 atom stereocenters. The van der Waals surface area contributed by atoms with Gasteiger partial charge < -0.3 is 5.32 Å². The standard InChI is InChI=1S/C16H30N2/c1-3-5-12-18-14-16(10-7-6-8-11-16)17-13-15(18)9-4-2/h3,5,15,17H,4,6-14H2,1-2H3/b5-3+. The van der Waals surface area contributed by atoms with Crippen molar-refractivity contribution in [3.05, 3.63) is 12.2 Å². The van der Waals surface area contributed by atoms with E-state index in [1.807, 2.05) is 0 Å². The molecule has 1 N–H and O–H groups in total. The first-order valence-corrected chi connectivity index (χ1v) is 7.90. The maximum Gasteiger partial charge on any atom is 0.0309 e. The quantitative estimate of drug-likeness (QED) is 0.770. The Hall–Kier alpha value is -0.340. The maximum atomic E-state index is 3.91. The van der Waals surface area contributed by atoms with E-state index in [2.05, 4.69) is 36.2 Å². The molecule has 1 unspecified atom stereocenters. The number of allylic oxidation sites excluding steroid dienone is 1. The number of hydrogen-bond donors (Lipinski definition) is 1. The van der Waals surface area contributed by atoms with E-state index in [0.717, 1.165) is 12.6 Å². The fourth-order valence-electron chi connectivity index (χ4n) is 3.67. The summed E-state index contributed by atoms with van der Waals surface area (Å²) in [6.45, 7) is 8.05. The summed E-state index contributed by atoms with van der Waals surface area (Å²) in [5.74, 6) is 0. The number of hydrogen-bond acceptors (Lipinski definition) is 2. The van der Waals surface area contributed by atoms with Gasteiger partial charge in [0.2, 0.25) is 0 Å². The van der Waals surface area contributed by atoms with Gasteiger partial charge in [0, 0.05) is 31.2 Å². The Morgan fingerprint density at radius 1 is 1.28 bits per heavy atom. The molecular weight excluding hydrogens is 220 g/mol. The van der Waals surface area contributed by atoms with Gasteiger partial charge in [0.15, 0.2) is 0 Å². The molecule has 0 aromatic carbocycles. The van der Waals surface area contributed by atoms with Gasteiger partial charge in [-0.05, 0) is 26.2 Å². The number of rotatable bonds is 4. The van der Waals surface area contributed by atoms with E-state index in [1.54, 1.807) is 0 Å². The first kappa shape index (κ1) is 14.1. The molecule has 0 amide bonds. The molecule has 1 aliphatic carbocycles. The third kappa shape index (κ3) is 3.36. The van der Waals surface area contributed by atoms with E-state index in [1.165, 1.54) is 58.0 Å². The fraction of sp³-hybridized carbons (Fsp3) is 0.875. The van der Waals surface area contributed by atoms with Crippen LogP contribution in [0.4, 0.5) is 0 Å². The molecular formula is C16H30N2. The van der Waals surface area contributed by atoms with Crippen molar-refractivity contribution in [2.45, 2.75) is 70.4 Å². The molecule has 0 bridgehead atoms. The molecule has 1 saturated carbocycles. The highest BCUT2D eigenvalue weighted by molar-refractivity contribution is 5.01.